The predicted octanol–water partition coefficient (Wildman–Crippen LogP) is -3.36. The number of halogens is 1. The lowest BCUT2D eigenvalue weighted by atomic mass is 10.3. The minimum atomic E-state index is -0.520. The molecule has 2 N–H and O–H groups in total. The third-order valence-corrected chi connectivity index (χ3v) is 1.76. The molecule has 1 aromatic rings. The molecule has 1 aromatic heterocycles. The third-order valence-electron chi connectivity index (χ3n) is 1.76. The Bertz CT molecular complexity index is 382. The number of hydrogen-bond donors (Lipinski definition) is 1. The van der Waals surface area contributed by atoms with Crippen LogP contribution in [0.5, 0.6) is 0 Å². The Morgan fingerprint density at radius 2 is 2.19 bits per heavy atom. The summed E-state index contributed by atoms with van der Waals surface area (Å²) in [6, 6.07) is 3.24. The van der Waals surface area contributed by atoms with Gasteiger partial charge in [-0.15, -0.1) is 0 Å². The van der Waals surface area contributed by atoms with E-state index >= 15 is 0 Å². The van der Waals surface area contributed by atoms with E-state index in [4.69, 9.17) is 10.5 Å². The normalized spacial score (nSPS) is 9.06. The molecule has 5 nitrogen and oxygen atoms in total. The molecule has 0 unspecified atom stereocenters. The summed E-state index contributed by atoms with van der Waals surface area (Å²) in [5, 5.41) is 0. The first-order chi connectivity index (χ1) is 7.13. The molecule has 0 fully saturated rings. The molecule has 0 aliphatic rings. The molecule has 0 atom stereocenters. The monoisotopic (exact) mass is 244 g/mol. The van der Waals surface area contributed by atoms with E-state index in [0.29, 0.717) is 12.2 Å². The molecule has 16 heavy (non-hydrogen) atoms. The molecule has 1 rings (SSSR count). The van der Waals surface area contributed by atoms with Gasteiger partial charge in [-0.2, -0.15) is 4.57 Å². The predicted molar refractivity (Wildman–Crippen MR) is 51.8 cm³/mol. The van der Waals surface area contributed by atoms with E-state index in [0.717, 1.165) is 0 Å². The highest BCUT2D eigenvalue weighted by Gasteiger charge is 2.12. The topological polar surface area (TPSA) is 73.3 Å². The van der Waals surface area contributed by atoms with E-state index in [1.54, 1.807) is 29.8 Å². The van der Waals surface area contributed by atoms with Crippen molar-refractivity contribution in [2.24, 2.45) is 5.73 Å². The molecule has 0 aromatic carbocycles. The average Bonchev–Trinajstić information content (AvgIpc) is 2.18. The summed E-state index contributed by atoms with van der Waals surface area (Å²) in [5.74, 6) is -0.864. The van der Waals surface area contributed by atoms with Crippen molar-refractivity contribution in [3.63, 3.8) is 0 Å². The van der Waals surface area contributed by atoms with Gasteiger partial charge in [-0.1, -0.05) is 0 Å². The maximum absolute atomic E-state index is 11.1. The molecule has 1 amide bonds. The van der Waals surface area contributed by atoms with Crippen LogP contribution in [-0.2, 0) is 16.1 Å². The fraction of sp³-hybridized carbons (Fsp3) is 0.300. The second-order valence-corrected chi connectivity index (χ2v) is 2.93. The second kappa shape index (κ2) is 6.79. The van der Waals surface area contributed by atoms with E-state index in [1.807, 2.05) is 0 Å². The number of hydrogen-bond acceptors (Lipinski definition) is 3. The van der Waals surface area contributed by atoms with Crippen LogP contribution in [0.25, 0.3) is 0 Å². The summed E-state index contributed by atoms with van der Waals surface area (Å²) < 4.78 is 6.32. The van der Waals surface area contributed by atoms with Gasteiger partial charge >= 0.3 is 5.97 Å². The second-order valence-electron chi connectivity index (χ2n) is 2.93. The van der Waals surface area contributed by atoms with Crippen molar-refractivity contribution in [2.45, 2.75) is 13.5 Å². The lowest BCUT2D eigenvalue weighted by molar-refractivity contribution is -0.686. The highest BCUT2D eigenvalue weighted by Crippen LogP contribution is 1.92. The Morgan fingerprint density at radius 3 is 2.75 bits per heavy atom. The number of nitrogens with zero attached hydrogens (tertiary/aromatic N) is 1. The van der Waals surface area contributed by atoms with E-state index in [2.05, 4.69) is 0 Å². The first-order valence-corrected chi connectivity index (χ1v) is 4.58. The maximum atomic E-state index is 11.1. The van der Waals surface area contributed by atoms with Gasteiger partial charge in [0.25, 0.3) is 5.91 Å². The molecule has 6 heteroatoms. The van der Waals surface area contributed by atoms with Crippen LogP contribution in [0.1, 0.15) is 17.3 Å². The Labute approximate surface area is 99.6 Å². The number of amides is 1. The first-order valence-electron chi connectivity index (χ1n) is 4.58. The number of nitrogens with two attached hydrogens (primary N) is 1. The fourth-order valence-electron chi connectivity index (χ4n) is 1.12. The molecule has 0 aliphatic carbocycles. The number of primary amides is 1. The maximum Gasteiger partial charge on any atom is 0.372 e. The van der Waals surface area contributed by atoms with Gasteiger partial charge in [-0.05, 0) is 13.0 Å². The highest BCUT2D eigenvalue weighted by molar-refractivity contribution is 5.92. The van der Waals surface area contributed by atoms with E-state index in [-0.39, 0.29) is 24.9 Å². The lowest BCUT2D eigenvalue weighted by Crippen LogP contribution is -3.00. The van der Waals surface area contributed by atoms with Gasteiger partial charge < -0.3 is 22.9 Å². The van der Waals surface area contributed by atoms with Crippen molar-refractivity contribution < 1.29 is 31.3 Å². The zero-order valence-corrected chi connectivity index (χ0v) is 9.61. The molecule has 0 bridgehead atoms. The number of carbonyl (C=O) groups excluding carboxylic acids is 2. The van der Waals surface area contributed by atoms with Gasteiger partial charge in [0.2, 0.25) is 6.54 Å². The van der Waals surface area contributed by atoms with Gasteiger partial charge in [-0.3, -0.25) is 4.79 Å². The largest absolute Gasteiger partial charge is 1.00 e. The third kappa shape index (κ3) is 4.27. The summed E-state index contributed by atoms with van der Waals surface area (Å²) in [4.78, 5) is 22.0. The first kappa shape index (κ1) is 14.4. The van der Waals surface area contributed by atoms with Gasteiger partial charge in [-0.25, -0.2) is 4.79 Å². The van der Waals surface area contributed by atoms with Crippen LogP contribution in [0.15, 0.2) is 24.5 Å². The van der Waals surface area contributed by atoms with Crippen LogP contribution in [-0.4, -0.2) is 18.5 Å². The van der Waals surface area contributed by atoms with Crippen LogP contribution >= 0.6 is 0 Å². The minimum Gasteiger partial charge on any atom is -1.00 e. The molecule has 0 saturated carbocycles. The number of carbonyl (C=O) groups is 2. The number of esters is 1. The van der Waals surface area contributed by atoms with E-state index in [9.17, 15) is 9.59 Å². The van der Waals surface area contributed by atoms with Crippen LogP contribution in [0, 0.1) is 0 Å². The van der Waals surface area contributed by atoms with E-state index < -0.39 is 5.91 Å². The van der Waals surface area contributed by atoms with Crippen molar-refractivity contribution >= 4 is 11.9 Å². The van der Waals surface area contributed by atoms with Crippen molar-refractivity contribution in [2.75, 3.05) is 6.61 Å². The average molecular weight is 245 g/mol. The van der Waals surface area contributed by atoms with Gasteiger partial charge in [0.1, 0.15) is 5.56 Å². The quantitative estimate of drug-likeness (QED) is 0.444. The van der Waals surface area contributed by atoms with Crippen molar-refractivity contribution in [1.29, 1.82) is 0 Å². The van der Waals surface area contributed by atoms with Crippen molar-refractivity contribution in [3.8, 4) is 0 Å². The fourth-order valence-corrected chi connectivity index (χ4v) is 1.12. The van der Waals surface area contributed by atoms with Crippen LogP contribution in [0.2, 0.25) is 0 Å². The van der Waals surface area contributed by atoms with Crippen LogP contribution in [0.4, 0.5) is 0 Å². The van der Waals surface area contributed by atoms with Crippen LogP contribution < -0.4 is 22.7 Å². The van der Waals surface area contributed by atoms with Crippen LogP contribution in [0.3, 0.4) is 0 Å². The SMILES string of the molecule is CCOC(=O)C[n+]1cccc(C(N)=O)c1.[Cl-]. The molecule has 0 spiro atoms. The van der Waals surface area contributed by atoms with Crippen molar-refractivity contribution in [1.82, 2.24) is 0 Å². The van der Waals surface area contributed by atoms with Crippen molar-refractivity contribution in [3.05, 3.63) is 30.1 Å². The molecule has 0 aliphatic heterocycles. The number of ether oxygens (including phenoxy) is 1. The number of pyridine rings is 1. The Morgan fingerprint density at radius 1 is 1.50 bits per heavy atom. The molecule has 88 valence electrons. The standard InChI is InChI=1S/C10H12N2O3.ClH/c1-2-15-9(13)7-12-5-3-4-8(6-12)10(11)14;/h3-6H,2,7H2,1H3,(H-,11,14);1H. The zero-order chi connectivity index (χ0) is 11.3. The number of rotatable bonds is 4. The summed E-state index contributed by atoms with van der Waals surface area (Å²) >= 11 is 0. The molecule has 0 radical (unpaired) electrons. The number of aromatic nitrogens is 1. The Balaban J connectivity index is 0.00000225. The molecular weight excluding hydrogens is 232 g/mol. The van der Waals surface area contributed by atoms with E-state index in [1.165, 1.54) is 6.20 Å². The Hall–Kier alpha value is -1.62. The summed E-state index contributed by atoms with van der Waals surface area (Å²) in [6.07, 6.45) is 3.18. The minimum absolute atomic E-state index is 0. The molecule has 0 saturated heterocycles. The summed E-state index contributed by atoms with van der Waals surface area (Å²) in [5.41, 5.74) is 5.47. The lowest BCUT2D eigenvalue weighted by Gasteiger charge is -1.98. The molecule has 1 heterocycles. The highest BCUT2D eigenvalue weighted by atomic mass is 35.5. The molecular formula is C10H13ClN2O3. The summed E-state index contributed by atoms with van der Waals surface area (Å²) in [7, 11) is 0. The summed E-state index contributed by atoms with van der Waals surface area (Å²) in [6.45, 7) is 2.16. The van der Waals surface area contributed by atoms with Gasteiger partial charge in [0.05, 0.1) is 6.61 Å². The smallest absolute Gasteiger partial charge is 0.372 e. The Kier molecular flexibility index (Phi) is 6.10. The van der Waals surface area contributed by atoms with Gasteiger partial charge in [0.15, 0.2) is 12.4 Å². The van der Waals surface area contributed by atoms with Gasteiger partial charge in [0, 0.05) is 6.07 Å². The zero-order valence-electron chi connectivity index (χ0n) is 8.85.